The number of aryl methyl sites for hydroxylation is 1. The molecule has 3 nitrogen and oxygen atoms in total. The molecule has 3 rings (SSSR count). The van der Waals surface area contributed by atoms with E-state index in [4.69, 9.17) is 4.74 Å². The zero-order chi connectivity index (χ0) is 15.4. The lowest BCUT2D eigenvalue weighted by Crippen LogP contribution is -2.37. The maximum absolute atomic E-state index is 10.2. The fourth-order valence-electron chi connectivity index (χ4n) is 3.11. The Morgan fingerprint density at radius 1 is 1.18 bits per heavy atom. The molecule has 0 spiro atoms. The first-order chi connectivity index (χ1) is 10.8. The normalized spacial score (nSPS) is 18.5. The summed E-state index contributed by atoms with van der Waals surface area (Å²) in [5.74, 6) is 0.920. The molecule has 0 bridgehead atoms. The van der Waals surface area contributed by atoms with Crippen molar-refractivity contribution in [3.8, 4) is 5.75 Å². The molecule has 2 N–H and O–H groups in total. The summed E-state index contributed by atoms with van der Waals surface area (Å²) in [5, 5.41) is 13.8. The Morgan fingerprint density at radius 3 is 2.77 bits per heavy atom. The largest absolute Gasteiger partial charge is 0.497 e. The van der Waals surface area contributed by atoms with Crippen molar-refractivity contribution in [2.75, 3.05) is 13.7 Å². The van der Waals surface area contributed by atoms with Gasteiger partial charge in [0.05, 0.1) is 13.2 Å². The van der Waals surface area contributed by atoms with Crippen molar-refractivity contribution >= 4 is 0 Å². The Hall–Kier alpha value is -1.84. The van der Waals surface area contributed by atoms with Crippen LogP contribution in [0.2, 0.25) is 0 Å². The molecule has 2 aromatic carbocycles. The van der Waals surface area contributed by atoms with Crippen LogP contribution in [-0.4, -0.2) is 24.8 Å². The van der Waals surface area contributed by atoms with Crippen molar-refractivity contribution in [3.05, 3.63) is 65.2 Å². The Labute approximate surface area is 131 Å². The predicted octanol–water partition coefficient (Wildman–Crippen LogP) is 2.88. The first-order valence-electron chi connectivity index (χ1n) is 7.88. The van der Waals surface area contributed by atoms with Crippen molar-refractivity contribution in [3.63, 3.8) is 0 Å². The molecule has 3 heteroatoms. The summed E-state index contributed by atoms with van der Waals surface area (Å²) in [7, 11) is 1.70. The highest BCUT2D eigenvalue weighted by atomic mass is 16.5. The first-order valence-corrected chi connectivity index (χ1v) is 7.88. The van der Waals surface area contributed by atoms with Gasteiger partial charge in [0.15, 0.2) is 0 Å². The van der Waals surface area contributed by atoms with E-state index in [1.807, 2.05) is 36.4 Å². The second kappa shape index (κ2) is 6.95. The van der Waals surface area contributed by atoms with Crippen LogP contribution >= 0.6 is 0 Å². The summed E-state index contributed by atoms with van der Waals surface area (Å²) in [4.78, 5) is 0. The van der Waals surface area contributed by atoms with Gasteiger partial charge in [-0.2, -0.15) is 0 Å². The van der Waals surface area contributed by atoms with Crippen LogP contribution in [-0.2, 0) is 12.8 Å². The molecule has 0 saturated heterocycles. The molecule has 1 aliphatic carbocycles. The van der Waals surface area contributed by atoms with Crippen molar-refractivity contribution in [2.24, 2.45) is 0 Å². The number of nitrogens with one attached hydrogen (secondary N) is 1. The summed E-state index contributed by atoms with van der Waals surface area (Å²) in [6, 6.07) is 16.6. The van der Waals surface area contributed by atoms with E-state index in [2.05, 4.69) is 17.4 Å². The van der Waals surface area contributed by atoms with Crippen molar-refractivity contribution in [1.29, 1.82) is 0 Å². The lowest BCUT2D eigenvalue weighted by Gasteiger charge is -2.27. The Bertz CT molecular complexity index is 612. The number of aliphatic hydroxyl groups excluding tert-OH is 1. The van der Waals surface area contributed by atoms with Gasteiger partial charge < -0.3 is 15.2 Å². The van der Waals surface area contributed by atoms with Crippen LogP contribution in [0.5, 0.6) is 5.75 Å². The van der Waals surface area contributed by atoms with Crippen LogP contribution in [0.3, 0.4) is 0 Å². The molecular formula is C19H23NO2. The number of benzene rings is 2. The van der Waals surface area contributed by atoms with Gasteiger partial charge in [-0.1, -0.05) is 36.4 Å². The van der Waals surface area contributed by atoms with Crippen LogP contribution < -0.4 is 10.1 Å². The molecule has 0 amide bonds. The van der Waals surface area contributed by atoms with E-state index in [-0.39, 0.29) is 0 Å². The van der Waals surface area contributed by atoms with Crippen LogP contribution in [0, 0.1) is 0 Å². The van der Waals surface area contributed by atoms with E-state index in [0.29, 0.717) is 12.6 Å². The molecule has 0 fully saturated rings. The van der Waals surface area contributed by atoms with Gasteiger partial charge in [0.1, 0.15) is 5.75 Å². The van der Waals surface area contributed by atoms with E-state index in [1.54, 1.807) is 7.11 Å². The average molecular weight is 297 g/mol. The Morgan fingerprint density at radius 2 is 2.00 bits per heavy atom. The van der Waals surface area contributed by atoms with Crippen LogP contribution in [0.1, 0.15) is 29.2 Å². The van der Waals surface area contributed by atoms with E-state index in [0.717, 1.165) is 30.6 Å². The molecule has 2 aromatic rings. The number of rotatable bonds is 5. The van der Waals surface area contributed by atoms with E-state index in [1.165, 1.54) is 11.1 Å². The zero-order valence-electron chi connectivity index (χ0n) is 13.0. The van der Waals surface area contributed by atoms with Crippen LogP contribution in [0.25, 0.3) is 0 Å². The van der Waals surface area contributed by atoms with Gasteiger partial charge in [0.2, 0.25) is 0 Å². The number of methoxy groups -OCH3 is 1. The number of aliphatic hydroxyl groups is 1. The minimum atomic E-state index is -0.451. The monoisotopic (exact) mass is 297 g/mol. The van der Waals surface area contributed by atoms with Crippen molar-refractivity contribution < 1.29 is 9.84 Å². The van der Waals surface area contributed by atoms with Gasteiger partial charge >= 0.3 is 0 Å². The topological polar surface area (TPSA) is 41.5 Å². The molecule has 0 aromatic heterocycles. The molecular weight excluding hydrogens is 274 g/mol. The third-order valence-electron chi connectivity index (χ3n) is 4.43. The minimum Gasteiger partial charge on any atom is -0.497 e. The summed E-state index contributed by atoms with van der Waals surface area (Å²) in [5.41, 5.74) is 3.74. The minimum absolute atomic E-state index is 0.415. The smallest absolute Gasteiger partial charge is 0.119 e. The van der Waals surface area contributed by atoms with E-state index in [9.17, 15) is 5.11 Å². The highest BCUT2D eigenvalue weighted by Crippen LogP contribution is 2.25. The molecule has 0 aliphatic heterocycles. The maximum Gasteiger partial charge on any atom is 0.119 e. The van der Waals surface area contributed by atoms with E-state index < -0.39 is 6.10 Å². The van der Waals surface area contributed by atoms with Gasteiger partial charge in [-0.05, 0) is 48.1 Å². The number of hydrogen-bond acceptors (Lipinski definition) is 3. The van der Waals surface area contributed by atoms with Gasteiger partial charge in [0, 0.05) is 12.6 Å². The average Bonchev–Trinajstić information content (AvgIpc) is 2.59. The number of fused-ring (bicyclic) bond motifs is 1. The number of hydrogen-bond donors (Lipinski definition) is 2. The maximum atomic E-state index is 10.2. The quantitative estimate of drug-likeness (QED) is 0.891. The summed E-state index contributed by atoms with van der Waals surface area (Å²) < 4.78 is 5.31. The Kier molecular flexibility index (Phi) is 4.76. The fourth-order valence-corrected chi connectivity index (χ4v) is 3.11. The lowest BCUT2D eigenvalue weighted by molar-refractivity contribution is 0.168. The molecule has 116 valence electrons. The van der Waals surface area contributed by atoms with Gasteiger partial charge in [0.25, 0.3) is 0 Å². The molecule has 0 heterocycles. The fraction of sp³-hybridized carbons (Fsp3) is 0.368. The van der Waals surface area contributed by atoms with Crippen molar-refractivity contribution in [2.45, 2.75) is 31.4 Å². The molecule has 1 aliphatic rings. The molecule has 0 radical (unpaired) electrons. The standard InChI is InChI=1S/C19H23NO2/c1-22-18-10-8-14-7-9-17(11-16(14)12-18)20-13-19(21)15-5-3-2-4-6-15/h2-6,8,10,12,17,19-21H,7,9,11,13H2,1H3/t17?,19-/m0/s1. The van der Waals surface area contributed by atoms with Gasteiger partial charge in [-0.25, -0.2) is 0 Å². The highest BCUT2D eigenvalue weighted by molar-refractivity contribution is 5.37. The highest BCUT2D eigenvalue weighted by Gasteiger charge is 2.19. The lowest BCUT2D eigenvalue weighted by atomic mass is 9.88. The first kappa shape index (κ1) is 15.1. The Balaban J connectivity index is 1.58. The summed E-state index contributed by atoms with van der Waals surface area (Å²) in [6.07, 6.45) is 2.74. The molecule has 2 atom stereocenters. The third-order valence-corrected chi connectivity index (χ3v) is 4.43. The molecule has 1 unspecified atom stereocenters. The predicted molar refractivity (Wildman–Crippen MR) is 88.2 cm³/mol. The SMILES string of the molecule is COc1ccc2c(c1)CC(NC[C@H](O)c1ccccc1)CC2. The van der Waals surface area contributed by atoms with Crippen LogP contribution in [0.4, 0.5) is 0 Å². The van der Waals surface area contributed by atoms with Crippen LogP contribution in [0.15, 0.2) is 48.5 Å². The second-order valence-electron chi connectivity index (χ2n) is 5.91. The van der Waals surface area contributed by atoms with Gasteiger partial charge in [-0.3, -0.25) is 0 Å². The summed E-state index contributed by atoms with van der Waals surface area (Å²) in [6.45, 7) is 0.591. The van der Waals surface area contributed by atoms with Gasteiger partial charge in [-0.15, -0.1) is 0 Å². The second-order valence-corrected chi connectivity index (χ2v) is 5.91. The molecule has 22 heavy (non-hydrogen) atoms. The third kappa shape index (κ3) is 3.49. The molecule has 0 saturated carbocycles. The van der Waals surface area contributed by atoms with Crippen molar-refractivity contribution in [1.82, 2.24) is 5.32 Å². The summed E-state index contributed by atoms with van der Waals surface area (Å²) >= 11 is 0. The zero-order valence-corrected chi connectivity index (χ0v) is 13.0. The number of ether oxygens (including phenoxy) is 1. The van der Waals surface area contributed by atoms with E-state index >= 15 is 0 Å².